The van der Waals surface area contributed by atoms with Crippen LogP contribution in [0.4, 0.5) is 4.79 Å². The van der Waals surface area contributed by atoms with E-state index in [1.54, 1.807) is 0 Å². The molecule has 1 fully saturated rings. The average Bonchev–Trinajstić information content (AvgIpc) is 2.92. The number of hydrogen-bond donors (Lipinski definition) is 2. The molecule has 0 saturated carbocycles. The zero-order chi connectivity index (χ0) is 32.4. The van der Waals surface area contributed by atoms with E-state index in [0.29, 0.717) is 6.61 Å². The summed E-state index contributed by atoms with van der Waals surface area (Å²) in [5.74, 6) is -3.80. The zero-order valence-electron chi connectivity index (χ0n) is 24.8. The first-order chi connectivity index (χ1) is 20.4. The highest BCUT2D eigenvalue weighted by atomic mass is 16.7. The molecule has 43 heavy (non-hydrogen) atoms. The van der Waals surface area contributed by atoms with Gasteiger partial charge in [-0.2, -0.15) is 0 Å². The quantitative estimate of drug-likeness (QED) is 0.0827. The third-order valence-electron chi connectivity index (χ3n) is 5.31. The monoisotopic (exact) mass is 620 g/mol. The second-order valence-corrected chi connectivity index (χ2v) is 8.91. The molecule has 0 aliphatic carbocycles. The van der Waals surface area contributed by atoms with Crippen molar-refractivity contribution in [3.05, 3.63) is 12.7 Å². The third-order valence-corrected chi connectivity index (χ3v) is 5.31. The van der Waals surface area contributed by atoms with Crippen molar-refractivity contribution < 1.29 is 71.4 Å². The van der Waals surface area contributed by atoms with Gasteiger partial charge in [-0.1, -0.05) is 12.7 Å². The lowest BCUT2D eigenvalue weighted by molar-refractivity contribution is -0.278. The highest BCUT2D eigenvalue weighted by Crippen LogP contribution is 2.28. The molecule has 6 atom stereocenters. The third kappa shape index (κ3) is 14.8. The predicted octanol–water partition coefficient (Wildman–Crippen LogP) is -0.854. The van der Waals surface area contributed by atoms with Gasteiger partial charge in [-0.05, 0) is 0 Å². The molecule has 17 heteroatoms. The predicted molar refractivity (Wildman–Crippen MR) is 142 cm³/mol. The van der Waals surface area contributed by atoms with Gasteiger partial charge in [-0.25, -0.2) is 9.59 Å². The smallest absolute Gasteiger partial charge is 0.408 e. The molecule has 244 valence electrons. The van der Waals surface area contributed by atoms with Gasteiger partial charge in [0.05, 0.1) is 26.4 Å². The van der Waals surface area contributed by atoms with Crippen LogP contribution in [0.15, 0.2) is 12.7 Å². The Balaban J connectivity index is 3.24. The van der Waals surface area contributed by atoms with E-state index in [0.717, 1.165) is 20.8 Å². The summed E-state index contributed by atoms with van der Waals surface area (Å²) in [5.41, 5.74) is 0. The van der Waals surface area contributed by atoms with Crippen LogP contribution in [0.25, 0.3) is 0 Å². The maximum absolute atomic E-state index is 12.8. The molecular formula is C26H40N2O15. The lowest BCUT2D eigenvalue weighted by atomic mass is 9.96. The van der Waals surface area contributed by atoms with Crippen LogP contribution in [0.2, 0.25) is 0 Å². The van der Waals surface area contributed by atoms with Crippen LogP contribution in [0, 0.1) is 0 Å². The molecule has 1 heterocycles. The van der Waals surface area contributed by atoms with E-state index in [1.165, 1.54) is 20.1 Å². The number of methoxy groups -OCH3 is 1. The summed E-state index contributed by atoms with van der Waals surface area (Å²) >= 11 is 0. The molecule has 1 aliphatic heterocycles. The maximum atomic E-state index is 12.8. The molecule has 17 nitrogen and oxygen atoms in total. The van der Waals surface area contributed by atoms with Gasteiger partial charge in [0.1, 0.15) is 32.0 Å². The van der Waals surface area contributed by atoms with Crippen LogP contribution in [0.5, 0.6) is 0 Å². The van der Waals surface area contributed by atoms with Gasteiger partial charge >= 0.3 is 30.0 Å². The summed E-state index contributed by atoms with van der Waals surface area (Å²) in [4.78, 5) is 72.6. The minimum atomic E-state index is -1.49. The van der Waals surface area contributed by atoms with Crippen LogP contribution in [-0.4, -0.2) is 126 Å². The van der Waals surface area contributed by atoms with Crippen molar-refractivity contribution >= 4 is 35.9 Å². The van der Waals surface area contributed by atoms with E-state index >= 15 is 0 Å². The van der Waals surface area contributed by atoms with E-state index in [9.17, 15) is 28.8 Å². The lowest BCUT2D eigenvalue weighted by Crippen LogP contribution is -2.67. The van der Waals surface area contributed by atoms with Crippen molar-refractivity contribution in [1.29, 1.82) is 0 Å². The Morgan fingerprint density at radius 1 is 0.860 bits per heavy atom. The number of ether oxygens (including phenoxy) is 9. The van der Waals surface area contributed by atoms with Crippen molar-refractivity contribution in [2.24, 2.45) is 0 Å². The normalized spacial score (nSPS) is 21.8. The molecule has 0 unspecified atom stereocenters. The molecule has 0 spiro atoms. The zero-order valence-corrected chi connectivity index (χ0v) is 24.8. The summed E-state index contributed by atoms with van der Waals surface area (Å²) in [6.45, 7) is 7.19. The molecule has 0 bridgehead atoms. The Morgan fingerprint density at radius 3 is 2.09 bits per heavy atom. The molecule has 1 aliphatic rings. The first kappa shape index (κ1) is 37.2. The average molecular weight is 621 g/mol. The maximum Gasteiger partial charge on any atom is 0.408 e. The highest BCUT2D eigenvalue weighted by Gasteiger charge is 2.51. The summed E-state index contributed by atoms with van der Waals surface area (Å²) in [5, 5.41) is 4.83. The molecular weight excluding hydrogens is 580 g/mol. The van der Waals surface area contributed by atoms with E-state index in [2.05, 4.69) is 17.2 Å². The molecule has 0 radical (unpaired) electrons. The van der Waals surface area contributed by atoms with Gasteiger partial charge in [0.2, 0.25) is 5.91 Å². The fraction of sp³-hybridized carbons (Fsp3) is 0.692. The fourth-order valence-corrected chi connectivity index (χ4v) is 3.66. The molecule has 0 aromatic heterocycles. The summed E-state index contributed by atoms with van der Waals surface area (Å²) < 4.78 is 47.6. The number of carbonyl (C=O) groups is 6. The van der Waals surface area contributed by atoms with E-state index < -0.39 is 85.8 Å². The van der Waals surface area contributed by atoms with Crippen LogP contribution in [0.3, 0.4) is 0 Å². The number of esters is 4. The van der Waals surface area contributed by atoms with Crippen LogP contribution < -0.4 is 10.6 Å². The molecule has 0 aromatic carbocycles. The van der Waals surface area contributed by atoms with Crippen molar-refractivity contribution in [1.82, 2.24) is 10.6 Å². The summed E-state index contributed by atoms with van der Waals surface area (Å²) in [6.07, 6.45) is -5.14. The SMILES string of the molecule is C=CCOC(=O)N[C@@H](CO[C@H]1O[C@H](COC(C)=O)[C@H](OC(C)=O)[C@H](OC(C)=O)[C@H]1NC(C)=O)C(=O)OCCOCCOC. The van der Waals surface area contributed by atoms with Crippen molar-refractivity contribution in [2.45, 2.75) is 64.4 Å². The van der Waals surface area contributed by atoms with E-state index in [-0.39, 0.29) is 26.4 Å². The van der Waals surface area contributed by atoms with Crippen LogP contribution in [-0.2, 0) is 66.6 Å². The van der Waals surface area contributed by atoms with Crippen LogP contribution >= 0.6 is 0 Å². The number of hydrogen-bond acceptors (Lipinski definition) is 15. The number of alkyl carbamates (subject to hydrolysis) is 1. The molecule has 1 saturated heterocycles. The second kappa shape index (κ2) is 20.2. The Labute approximate surface area is 248 Å². The van der Waals surface area contributed by atoms with Crippen LogP contribution in [0.1, 0.15) is 27.7 Å². The first-order valence-corrected chi connectivity index (χ1v) is 13.2. The van der Waals surface area contributed by atoms with Gasteiger partial charge in [0, 0.05) is 34.8 Å². The largest absolute Gasteiger partial charge is 0.463 e. The van der Waals surface area contributed by atoms with Crippen molar-refractivity contribution in [3.63, 3.8) is 0 Å². The Kier molecular flexibility index (Phi) is 17.5. The molecule has 0 aromatic rings. The molecule has 1 rings (SSSR count). The second-order valence-electron chi connectivity index (χ2n) is 8.91. The van der Waals surface area contributed by atoms with Gasteiger partial charge in [-0.3, -0.25) is 19.2 Å². The Hall–Kier alpha value is -3.80. The minimum Gasteiger partial charge on any atom is -0.463 e. The van der Waals surface area contributed by atoms with Gasteiger partial charge in [0.25, 0.3) is 0 Å². The van der Waals surface area contributed by atoms with Gasteiger partial charge in [-0.15, -0.1) is 0 Å². The Bertz CT molecular complexity index is 959. The number of carbonyl (C=O) groups excluding carboxylic acids is 6. The summed E-state index contributed by atoms with van der Waals surface area (Å²) in [6, 6.07) is -2.75. The highest BCUT2D eigenvalue weighted by molar-refractivity contribution is 5.81. The standard InChI is InChI=1S/C26H40N2O15/c1-7-8-38-26(34)28-19(24(33)37-12-11-36-10-9-35-6)13-40-25-21(27-15(2)29)23(42-18(5)32)22(41-17(4)31)20(43-25)14-39-16(3)30/h7,19-23,25H,1,8-14H2,2-6H3,(H,27,29)(H,28,34)/t19-,20+,21+,22-,23+,25-/m0/s1. The van der Waals surface area contributed by atoms with E-state index in [1.807, 2.05) is 0 Å². The van der Waals surface area contributed by atoms with Gasteiger partial charge < -0.3 is 53.3 Å². The van der Waals surface area contributed by atoms with Crippen molar-refractivity contribution in [2.75, 3.05) is 53.4 Å². The minimum absolute atomic E-state index is 0.0410. The molecule has 2 amide bonds. The number of rotatable bonds is 18. The van der Waals surface area contributed by atoms with Crippen molar-refractivity contribution in [3.8, 4) is 0 Å². The number of amides is 2. The van der Waals surface area contributed by atoms with Gasteiger partial charge in [0.15, 0.2) is 24.5 Å². The lowest BCUT2D eigenvalue weighted by Gasteiger charge is -2.45. The van der Waals surface area contributed by atoms with E-state index in [4.69, 9.17) is 42.6 Å². The Morgan fingerprint density at radius 2 is 1.51 bits per heavy atom. The topological polar surface area (TPSA) is 210 Å². The molecule has 2 N–H and O–H groups in total. The summed E-state index contributed by atoms with van der Waals surface area (Å²) in [7, 11) is 1.50. The fourth-order valence-electron chi connectivity index (χ4n) is 3.66. The first-order valence-electron chi connectivity index (χ1n) is 13.2. The number of nitrogens with one attached hydrogen (secondary N) is 2.